The summed E-state index contributed by atoms with van der Waals surface area (Å²) in [5.41, 5.74) is 0.895. The van der Waals surface area contributed by atoms with Crippen LogP contribution >= 0.6 is 23.5 Å². The van der Waals surface area contributed by atoms with Gasteiger partial charge in [-0.15, -0.1) is 23.5 Å². The van der Waals surface area contributed by atoms with E-state index in [1.54, 1.807) is 0 Å². The highest BCUT2D eigenvalue weighted by atomic mass is 32.2. The third-order valence-corrected chi connectivity index (χ3v) is 7.75. The van der Waals surface area contributed by atoms with Gasteiger partial charge in [-0.1, -0.05) is 53.7 Å². The maximum absolute atomic E-state index is 10.1. The molecule has 4 nitrogen and oxygen atoms in total. The highest BCUT2D eigenvalue weighted by Gasteiger charge is 2.25. The maximum Gasteiger partial charge on any atom is 0.111 e. The number of hydrogen-bond acceptors (Lipinski definition) is 6. The van der Waals surface area contributed by atoms with Crippen molar-refractivity contribution >= 4 is 50.9 Å². The van der Waals surface area contributed by atoms with Crippen molar-refractivity contribution in [2.24, 2.45) is 0 Å². The summed E-state index contributed by atoms with van der Waals surface area (Å²) in [7, 11) is 8.15. The summed E-state index contributed by atoms with van der Waals surface area (Å²) in [5.74, 6) is 1.06. The fraction of sp³-hybridized carbons (Fsp3) is 0.429. The third-order valence-electron chi connectivity index (χ3n) is 5.21. The summed E-state index contributed by atoms with van der Waals surface area (Å²) < 4.78 is 0.00427. The fourth-order valence-corrected chi connectivity index (χ4v) is 6.68. The Morgan fingerprint density at radius 1 is 0.794 bits per heavy atom. The molecule has 0 unspecified atom stereocenters. The average molecular weight is 491 g/mol. The standard InChI is InChI=1S/C28H34N4S2/c1-27(2,3)33-22-14-17-13-18(15-29)21(16-30)23(17)24-19(25(22)34-28(4,5)6)11-12-20(24)26(31(7)8)32(9)10/h11-14H,1-10H3. The minimum absolute atomic E-state index is 0.00141. The third kappa shape index (κ3) is 5.09. The van der Waals surface area contributed by atoms with Crippen LogP contribution in [0.15, 0.2) is 34.1 Å². The van der Waals surface area contributed by atoms with Gasteiger partial charge in [0.25, 0.3) is 0 Å². The molecule has 34 heavy (non-hydrogen) atoms. The van der Waals surface area contributed by atoms with Crippen molar-refractivity contribution in [3.05, 3.63) is 40.6 Å². The summed E-state index contributed by atoms with van der Waals surface area (Å²) in [6, 6.07) is 13.0. The number of thioether (sulfide) groups is 2. The number of nitrogens with zero attached hydrogens (tertiary/aromatic N) is 4. The van der Waals surface area contributed by atoms with E-state index in [-0.39, 0.29) is 9.49 Å². The lowest BCUT2D eigenvalue weighted by Crippen LogP contribution is -2.29. The number of hydrogen-bond donors (Lipinski definition) is 0. The molecule has 0 aliphatic heterocycles. The molecule has 0 aliphatic carbocycles. The Labute approximate surface area is 212 Å². The maximum atomic E-state index is 10.1. The van der Waals surface area contributed by atoms with E-state index in [9.17, 15) is 10.5 Å². The monoisotopic (exact) mass is 490 g/mol. The van der Waals surface area contributed by atoms with E-state index in [1.165, 1.54) is 9.79 Å². The number of fused-ring (bicyclic) bond motifs is 3. The van der Waals surface area contributed by atoms with Crippen molar-refractivity contribution in [2.45, 2.75) is 60.8 Å². The largest absolute Gasteiger partial charge is 0.364 e. The molecule has 3 aromatic carbocycles. The molecule has 0 N–H and O–H groups in total. The lowest BCUT2D eigenvalue weighted by Gasteiger charge is -2.24. The summed E-state index contributed by atoms with van der Waals surface area (Å²) in [5, 5.41) is 25.0. The predicted octanol–water partition coefficient (Wildman–Crippen LogP) is 6.43. The quantitative estimate of drug-likeness (QED) is 0.393. The molecule has 0 spiro atoms. The zero-order valence-electron chi connectivity index (χ0n) is 21.9. The Hall–Kier alpha value is -2.54. The van der Waals surface area contributed by atoms with Crippen molar-refractivity contribution in [1.82, 2.24) is 9.80 Å². The first-order valence-electron chi connectivity index (χ1n) is 11.3. The van der Waals surface area contributed by atoms with Gasteiger partial charge in [-0.2, -0.15) is 10.5 Å². The van der Waals surface area contributed by atoms with Gasteiger partial charge in [-0.05, 0) is 22.9 Å². The van der Waals surface area contributed by atoms with Crippen LogP contribution in [0.4, 0.5) is 0 Å². The Balaban J connectivity index is 2.76. The highest BCUT2D eigenvalue weighted by Crippen LogP contribution is 2.47. The van der Waals surface area contributed by atoms with Gasteiger partial charge in [-0.25, -0.2) is 0 Å². The molecule has 3 aromatic rings. The van der Waals surface area contributed by atoms with Crippen LogP contribution in [-0.4, -0.2) is 47.5 Å². The second-order valence-electron chi connectivity index (χ2n) is 10.9. The summed E-state index contributed by atoms with van der Waals surface area (Å²) in [4.78, 5) is 6.62. The molecule has 6 heteroatoms. The molecule has 0 saturated carbocycles. The number of rotatable bonds is 4. The van der Waals surface area contributed by atoms with Gasteiger partial charge in [0.05, 0.1) is 11.1 Å². The molecule has 178 valence electrons. The van der Waals surface area contributed by atoms with E-state index in [2.05, 4.69) is 81.7 Å². The minimum Gasteiger partial charge on any atom is -0.364 e. The van der Waals surface area contributed by atoms with E-state index in [1.807, 2.05) is 57.8 Å². The van der Waals surface area contributed by atoms with Crippen LogP contribution in [0.2, 0.25) is 0 Å². The molecule has 0 amide bonds. The first-order valence-corrected chi connectivity index (χ1v) is 12.9. The Morgan fingerprint density at radius 2 is 1.38 bits per heavy atom. The van der Waals surface area contributed by atoms with Crippen LogP contribution < -0.4 is 5.22 Å². The predicted molar refractivity (Wildman–Crippen MR) is 148 cm³/mol. The van der Waals surface area contributed by atoms with Crippen LogP contribution in [-0.2, 0) is 0 Å². The van der Waals surface area contributed by atoms with E-state index >= 15 is 0 Å². The molecule has 0 aliphatic rings. The average Bonchev–Trinajstić information content (AvgIpc) is 3.21. The summed E-state index contributed by atoms with van der Waals surface area (Å²) in [6.07, 6.45) is 0. The summed E-state index contributed by atoms with van der Waals surface area (Å²) in [6.45, 7) is 13.4. The smallest absolute Gasteiger partial charge is 0.111 e. The molecular weight excluding hydrogens is 456 g/mol. The molecule has 0 saturated heterocycles. The van der Waals surface area contributed by atoms with Crippen molar-refractivity contribution in [3.63, 3.8) is 0 Å². The lowest BCUT2D eigenvalue weighted by molar-refractivity contribution is 0.431. The molecule has 0 radical (unpaired) electrons. The minimum atomic E-state index is 0.00141. The zero-order valence-corrected chi connectivity index (χ0v) is 23.5. The zero-order chi connectivity index (χ0) is 25.6. The van der Waals surface area contributed by atoms with E-state index in [0.29, 0.717) is 11.1 Å². The van der Waals surface area contributed by atoms with Crippen molar-refractivity contribution in [2.75, 3.05) is 28.2 Å². The Bertz CT molecular complexity index is 1380. The molecule has 0 aromatic heterocycles. The second-order valence-corrected chi connectivity index (χ2v) is 14.6. The molecule has 0 heterocycles. The summed E-state index contributed by atoms with van der Waals surface area (Å²) >= 11 is 3.70. The van der Waals surface area contributed by atoms with Crippen molar-refractivity contribution in [3.8, 4) is 12.1 Å². The van der Waals surface area contributed by atoms with Gasteiger partial charge >= 0.3 is 0 Å². The van der Waals surface area contributed by atoms with Crippen LogP contribution in [0, 0.1) is 22.7 Å². The molecule has 0 fully saturated rings. The van der Waals surface area contributed by atoms with Gasteiger partial charge in [0, 0.05) is 63.5 Å². The van der Waals surface area contributed by atoms with Crippen LogP contribution in [0.1, 0.15) is 52.7 Å². The van der Waals surface area contributed by atoms with Crippen molar-refractivity contribution < 1.29 is 0 Å². The first kappa shape index (κ1) is 26.1. The Kier molecular flexibility index (Phi) is 7.09. The van der Waals surface area contributed by atoms with Gasteiger partial charge in [-0.3, -0.25) is 0 Å². The van der Waals surface area contributed by atoms with Gasteiger partial charge in [0.15, 0.2) is 0 Å². The van der Waals surface area contributed by atoms with Crippen molar-refractivity contribution in [1.29, 1.82) is 10.5 Å². The molecular formula is C28H34N4S2. The second kappa shape index (κ2) is 9.25. The van der Waals surface area contributed by atoms with E-state index in [0.717, 1.165) is 32.6 Å². The van der Waals surface area contributed by atoms with Gasteiger partial charge in [0.1, 0.15) is 18.0 Å². The first-order chi connectivity index (χ1) is 15.7. The van der Waals surface area contributed by atoms with Gasteiger partial charge < -0.3 is 9.80 Å². The number of nitriles is 2. The molecule has 0 bridgehead atoms. The normalized spacial score (nSPS) is 12.0. The van der Waals surface area contributed by atoms with E-state index in [4.69, 9.17) is 0 Å². The van der Waals surface area contributed by atoms with Crippen LogP contribution in [0.3, 0.4) is 0 Å². The Morgan fingerprint density at radius 3 is 1.85 bits per heavy atom. The SMILES string of the molecule is CN(C)C(=c1ccc2c(SC(C)(C)C)c(SC(C)(C)C)cc3cc(C#N)c(C#N)c3c12)N(C)C. The van der Waals surface area contributed by atoms with Gasteiger partial charge in [0.2, 0.25) is 0 Å². The lowest BCUT2D eigenvalue weighted by atomic mass is 10.1. The molecule has 0 atom stereocenters. The van der Waals surface area contributed by atoms with E-state index < -0.39 is 0 Å². The van der Waals surface area contributed by atoms with Crippen LogP contribution in [0.5, 0.6) is 0 Å². The fourth-order valence-electron chi connectivity index (χ4n) is 4.33. The topological polar surface area (TPSA) is 54.1 Å². The van der Waals surface area contributed by atoms with Crippen LogP contribution in [0.25, 0.3) is 27.4 Å². The molecule has 3 rings (SSSR count). The highest BCUT2D eigenvalue weighted by molar-refractivity contribution is 8.03.